The van der Waals surface area contributed by atoms with Crippen LogP contribution in [0.25, 0.3) is 0 Å². The van der Waals surface area contributed by atoms with Crippen molar-refractivity contribution in [1.29, 1.82) is 0 Å². The Kier molecular flexibility index (Phi) is 2.88. The average molecular weight is 244 g/mol. The van der Waals surface area contributed by atoms with E-state index in [0.29, 0.717) is 18.3 Å². The zero-order valence-corrected chi connectivity index (χ0v) is 11.8. The van der Waals surface area contributed by atoms with Crippen LogP contribution < -0.4 is 0 Å². The van der Waals surface area contributed by atoms with Crippen molar-refractivity contribution in [2.45, 2.75) is 66.2 Å². The molecule has 2 fully saturated rings. The summed E-state index contributed by atoms with van der Waals surface area (Å²) in [5, 5.41) is 0. The summed E-state index contributed by atoms with van der Waals surface area (Å²) < 4.78 is 28.4. The SMILES string of the molecule is CC(C)(C)C1CC1CC(C)(C)C(F)(F)C1CC1. The Morgan fingerprint density at radius 2 is 1.53 bits per heavy atom. The van der Waals surface area contributed by atoms with Crippen molar-refractivity contribution in [2.75, 3.05) is 0 Å². The molecule has 0 amide bonds. The second kappa shape index (κ2) is 3.68. The highest BCUT2D eigenvalue weighted by molar-refractivity contribution is 5.02. The third kappa shape index (κ3) is 2.51. The van der Waals surface area contributed by atoms with E-state index in [4.69, 9.17) is 0 Å². The monoisotopic (exact) mass is 244 g/mol. The van der Waals surface area contributed by atoms with Gasteiger partial charge in [0.1, 0.15) is 0 Å². The van der Waals surface area contributed by atoms with Gasteiger partial charge in [0, 0.05) is 11.3 Å². The van der Waals surface area contributed by atoms with Gasteiger partial charge in [0.25, 0.3) is 5.92 Å². The molecule has 2 atom stereocenters. The van der Waals surface area contributed by atoms with Crippen LogP contribution in [0.4, 0.5) is 8.78 Å². The molecule has 2 unspecified atom stereocenters. The van der Waals surface area contributed by atoms with E-state index < -0.39 is 11.3 Å². The fourth-order valence-corrected chi connectivity index (χ4v) is 3.32. The molecule has 0 aromatic rings. The van der Waals surface area contributed by atoms with Crippen LogP contribution in [0, 0.1) is 28.6 Å². The fourth-order valence-electron chi connectivity index (χ4n) is 3.32. The first-order valence-electron chi connectivity index (χ1n) is 6.93. The van der Waals surface area contributed by atoms with E-state index in [0.717, 1.165) is 19.3 Å². The van der Waals surface area contributed by atoms with E-state index in [-0.39, 0.29) is 11.3 Å². The first-order valence-corrected chi connectivity index (χ1v) is 6.93. The maximum Gasteiger partial charge on any atom is 0.255 e. The lowest BCUT2D eigenvalue weighted by atomic mass is 9.76. The normalized spacial score (nSPS) is 30.5. The quantitative estimate of drug-likeness (QED) is 0.643. The molecule has 100 valence electrons. The van der Waals surface area contributed by atoms with Gasteiger partial charge in [-0.25, -0.2) is 8.78 Å². The maximum absolute atomic E-state index is 14.2. The van der Waals surface area contributed by atoms with Gasteiger partial charge in [-0.2, -0.15) is 0 Å². The molecule has 0 spiro atoms. The van der Waals surface area contributed by atoms with Gasteiger partial charge in [0.15, 0.2) is 0 Å². The average Bonchev–Trinajstić information content (AvgIpc) is 2.95. The molecule has 0 nitrogen and oxygen atoms in total. The van der Waals surface area contributed by atoms with Gasteiger partial charge >= 0.3 is 0 Å². The van der Waals surface area contributed by atoms with Crippen molar-refractivity contribution in [1.82, 2.24) is 0 Å². The molecule has 2 heteroatoms. The van der Waals surface area contributed by atoms with Gasteiger partial charge in [-0.1, -0.05) is 34.6 Å². The standard InChI is InChI=1S/C15H26F2/c1-13(2,3)12-8-10(12)9-14(4,5)15(16,17)11-6-7-11/h10-12H,6-9H2,1-5H3. The van der Waals surface area contributed by atoms with Crippen LogP contribution in [0.3, 0.4) is 0 Å². The molecule has 2 aliphatic rings. The highest BCUT2D eigenvalue weighted by Crippen LogP contribution is 2.60. The molecule has 0 aliphatic heterocycles. The third-order valence-electron chi connectivity index (χ3n) is 4.80. The van der Waals surface area contributed by atoms with Gasteiger partial charge in [-0.3, -0.25) is 0 Å². The molecule has 0 saturated heterocycles. The number of hydrogen-bond donors (Lipinski definition) is 0. The Bertz CT molecular complexity index is 295. The minimum absolute atomic E-state index is 0.287. The topological polar surface area (TPSA) is 0 Å². The molecule has 0 heterocycles. The van der Waals surface area contributed by atoms with Crippen LogP contribution in [-0.2, 0) is 0 Å². The summed E-state index contributed by atoms with van der Waals surface area (Å²) in [4.78, 5) is 0. The van der Waals surface area contributed by atoms with Crippen LogP contribution in [0.15, 0.2) is 0 Å². The molecule has 0 radical (unpaired) electrons. The zero-order valence-electron chi connectivity index (χ0n) is 11.8. The molecular weight excluding hydrogens is 218 g/mol. The highest BCUT2D eigenvalue weighted by Gasteiger charge is 2.59. The van der Waals surface area contributed by atoms with E-state index in [1.165, 1.54) is 0 Å². The summed E-state index contributed by atoms with van der Waals surface area (Å²) in [5.74, 6) is -1.62. The second-order valence-electron chi connectivity index (χ2n) is 7.95. The number of rotatable bonds is 4. The van der Waals surface area contributed by atoms with E-state index in [1.807, 2.05) is 0 Å². The van der Waals surface area contributed by atoms with E-state index >= 15 is 0 Å². The van der Waals surface area contributed by atoms with Gasteiger partial charge in [-0.15, -0.1) is 0 Å². The first kappa shape index (κ1) is 13.3. The molecule has 0 bridgehead atoms. The summed E-state index contributed by atoms with van der Waals surface area (Å²) in [6, 6.07) is 0. The van der Waals surface area contributed by atoms with Crippen molar-refractivity contribution in [3.05, 3.63) is 0 Å². The summed E-state index contributed by atoms with van der Waals surface area (Å²) in [5.41, 5.74) is -0.533. The Hall–Kier alpha value is -0.140. The van der Waals surface area contributed by atoms with Crippen LogP contribution in [0.1, 0.15) is 60.3 Å². The van der Waals surface area contributed by atoms with Crippen molar-refractivity contribution < 1.29 is 8.78 Å². The second-order valence-corrected chi connectivity index (χ2v) is 7.95. The molecular formula is C15H26F2. The Labute approximate surface area is 104 Å². The lowest BCUT2D eigenvalue weighted by molar-refractivity contribution is -0.130. The summed E-state index contributed by atoms with van der Waals surface area (Å²) in [6.45, 7) is 10.2. The van der Waals surface area contributed by atoms with Crippen molar-refractivity contribution in [2.24, 2.45) is 28.6 Å². The lowest BCUT2D eigenvalue weighted by Crippen LogP contribution is -2.39. The minimum atomic E-state index is -2.46. The minimum Gasteiger partial charge on any atom is -0.206 e. The fraction of sp³-hybridized carbons (Fsp3) is 1.00. The number of alkyl halides is 2. The molecule has 0 aromatic heterocycles. The predicted molar refractivity (Wildman–Crippen MR) is 67.1 cm³/mol. The molecule has 0 aromatic carbocycles. The smallest absolute Gasteiger partial charge is 0.206 e. The summed E-state index contributed by atoms with van der Waals surface area (Å²) in [6.07, 6.45) is 3.29. The molecule has 2 rings (SSSR count). The molecule has 17 heavy (non-hydrogen) atoms. The van der Waals surface area contributed by atoms with Crippen LogP contribution >= 0.6 is 0 Å². The summed E-state index contributed by atoms with van der Waals surface area (Å²) in [7, 11) is 0. The molecule has 2 saturated carbocycles. The molecule has 2 aliphatic carbocycles. The van der Waals surface area contributed by atoms with Gasteiger partial charge in [0.2, 0.25) is 0 Å². The van der Waals surface area contributed by atoms with Gasteiger partial charge < -0.3 is 0 Å². The third-order valence-corrected chi connectivity index (χ3v) is 4.80. The van der Waals surface area contributed by atoms with Gasteiger partial charge in [-0.05, 0) is 42.9 Å². The Morgan fingerprint density at radius 3 is 1.88 bits per heavy atom. The van der Waals surface area contributed by atoms with Crippen LogP contribution in [0.2, 0.25) is 0 Å². The number of halogens is 2. The largest absolute Gasteiger partial charge is 0.255 e. The Morgan fingerprint density at radius 1 is 1.00 bits per heavy atom. The van der Waals surface area contributed by atoms with E-state index in [9.17, 15) is 8.78 Å². The number of hydrogen-bond acceptors (Lipinski definition) is 0. The predicted octanol–water partition coefficient (Wildman–Crippen LogP) is 5.13. The first-order chi connectivity index (χ1) is 7.56. The Balaban J connectivity index is 1.95. The molecule has 0 N–H and O–H groups in total. The van der Waals surface area contributed by atoms with Crippen molar-refractivity contribution in [3.63, 3.8) is 0 Å². The van der Waals surface area contributed by atoms with E-state index in [2.05, 4.69) is 20.8 Å². The van der Waals surface area contributed by atoms with Crippen molar-refractivity contribution >= 4 is 0 Å². The summed E-state index contributed by atoms with van der Waals surface area (Å²) >= 11 is 0. The highest BCUT2D eigenvalue weighted by atomic mass is 19.3. The van der Waals surface area contributed by atoms with Crippen LogP contribution in [0.5, 0.6) is 0 Å². The van der Waals surface area contributed by atoms with E-state index in [1.54, 1.807) is 13.8 Å². The van der Waals surface area contributed by atoms with Crippen molar-refractivity contribution in [3.8, 4) is 0 Å². The lowest BCUT2D eigenvalue weighted by Gasteiger charge is -2.35. The van der Waals surface area contributed by atoms with Crippen LogP contribution in [-0.4, -0.2) is 5.92 Å². The maximum atomic E-state index is 14.2. The zero-order chi connectivity index (χ0) is 13.1. The van der Waals surface area contributed by atoms with Gasteiger partial charge in [0.05, 0.1) is 0 Å².